The lowest BCUT2D eigenvalue weighted by atomic mass is 9.68. The fourth-order valence-electron chi connectivity index (χ4n) is 5.22. The van der Waals surface area contributed by atoms with Crippen LogP contribution < -0.4 is 4.74 Å². The normalized spacial score (nSPS) is 23.0. The van der Waals surface area contributed by atoms with Gasteiger partial charge in [0.25, 0.3) is 5.91 Å². The van der Waals surface area contributed by atoms with Crippen molar-refractivity contribution in [2.45, 2.75) is 58.6 Å². The number of amides is 1. The maximum absolute atomic E-state index is 13.6. The number of carbonyl (C=O) groups is 2. The van der Waals surface area contributed by atoms with E-state index >= 15 is 0 Å². The molecule has 1 aliphatic carbocycles. The van der Waals surface area contributed by atoms with Gasteiger partial charge in [0, 0.05) is 60.1 Å². The number of benzene rings is 1. The van der Waals surface area contributed by atoms with E-state index in [2.05, 4.69) is 10.1 Å². The quantitative estimate of drug-likeness (QED) is 0.522. The molecule has 0 N–H and O–H groups in total. The van der Waals surface area contributed by atoms with Crippen LogP contribution in [-0.2, 0) is 18.9 Å². The number of likely N-dealkylation sites (tertiary alicyclic amines) is 1. The van der Waals surface area contributed by atoms with Crippen molar-refractivity contribution in [1.82, 2.24) is 19.7 Å². The minimum atomic E-state index is -3.45. The second kappa shape index (κ2) is 7.90. The van der Waals surface area contributed by atoms with E-state index < -0.39 is 36.4 Å². The molecule has 3 heterocycles. The second-order valence-electron chi connectivity index (χ2n) is 9.39. The number of fused-ring (bicyclic) bond motifs is 2. The van der Waals surface area contributed by atoms with Gasteiger partial charge in [-0.05, 0) is 43.7 Å². The van der Waals surface area contributed by atoms with Crippen LogP contribution in [0.1, 0.15) is 88.6 Å². The third-order valence-electron chi connectivity index (χ3n) is 7.02. The molecule has 1 saturated heterocycles. The maximum atomic E-state index is 13.6. The molecule has 3 aromatic rings. The van der Waals surface area contributed by atoms with Crippen molar-refractivity contribution in [3.63, 3.8) is 0 Å². The van der Waals surface area contributed by atoms with Gasteiger partial charge >= 0.3 is 0 Å². The Morgan fingerprint density at radius 3 is 2.65 bits per heavy atom. The zero-order valence-corrected chi connectivity index (χ0v) is 20.1. The van der Waals surface area contributed by atoms with Gasteiger partial charge in [0.1, 0.15) is 17.0 Å². The Morgan fingerprint density at radius 1 is 1.24 bits per heavy atom. The van der Waals surface area contributed by atoms with Crippen LogP contribution >= 0.6 is 11.3 Å². The molecule has 2 aromatic heterocycles. The van der Waals surface area contributed by atoms with Gasteiger partial charge in [0.15, 0.2) is 5.78 Å². The number of aryl methyl sites for hydroxylation is 2. The first-order valence-electron chi connectivity index (χ1n) is 15.6. The number of rotatable bonds is 2. The first kappa shape index (κ1) is 14.6. The van der Waals surface area contributed by atoms with Crippen molar-refractivity contribution in [1.29, 1.82) is 0 Å². The summed E-state index contributed by atoms with van der Waals surface area (Å²) in [7, 11) is 3.34. The van der Waals surface area contributed by atoms with Crippen LogP contribution in [0.3, 0.4) is 0 Å². The number of hydrogen-bond donors (Lipinski definition) is 0. The molecule has 1 amide bonds. The summed E-state index contributed by atoms with van der Waals surface area (Å²) in [6.45, 7) is -7.76. The predicted molar refractivity (Wildman–Crippen MR) is 133 cm³/mol. The number of methoxy groups -OCH3 is 1. The van der Waals surface area contributed by atoms with Crippen molar-refractivity contribution >= 4 is 33.9 Å². The Morgan fingerprint density at radius 2 is 1.97 bits per heavy atom. The highest BCUT2D eigenvalue weighted by Crippen LogP contribution is 2.46. The molecule has 0 unspecified atom stereocenters. The Hall–Kier alpha value is -2.74. The van der Waals surface area contributed by atoms with Crippen molar-refractivity contribution in [2.24, 2.45) is 12.5 Å². The van der Waals surface area contributed by atoms with Crippen molar-refractivity contribution < 1.29 is 26.7 Å². The average molecular weight is 490 g/mol. The molecule has 0 saturated carbocycles. The number of thiazole rings is 1. The fraction of sp³-hybridized carbons (Fsp3) is 0.538. The molecule has 1 aliphatic heterocycles. The first-order chi connectivity index (χ1) is 19.8. The number of ketones is 1. The first-order valence-corrected chi connectivity index (χ1v) is 11.9. The molecule has 1 aromatic carbocycles. The zero-order valence-electron chi connectivity index (χ0n) is 28.3. The lowest BCUT2D eigenvalue weighted by molar-refractivity contribution is 0.0522. The lowest BCUT2D eigenvalue weighted by Gasteiger charge is -2.43. The third-order valence-corrected chi connectivity index (χ3v) is 8.19. The van der Waals surface area contributed by atoms with Crippen LogP contribution in [0, 0.1) is 12.3 Å². The summed E-state index contributed by atoms with van der Waals surface area (Å²) < 4.78 is 79.2. The molecule has 8 heteroatoms. The number of Topliss-reactive ketones (excluding diaryl/α,β-unsaturated/α-hetero) is 1. The molecule has 7 nitrogen and oxygen atoms in total. The smallest absolute Gasteiger partial charge is 0.254 e. The van der Waals surface area contributed by atoms with E-state index in [-0.39, 0.29) is 23.8 Å². The Labute approximate surface area is 216 Å². The highest BCUT2D eigenvalue weighted by atomic mass is 32.1. The number of nitrogens with zero attached hydrogens (tertiary/aromatic N) is 4. The molecule has 34 heavy (non-hydrogen) atoms. The SMILES string of the molecule is [2H]C([2H])([2H])C(c1nc2c(s1)CC1(CCN(C(=O)c3cc(OC)c4c(c3)c(C)nn4C)CC1)CC2=O)(C([2H])([2H])[2H])C([2H])([2H])[2H]. The van der Waals surface area contributed by atoms with Crippen LogP contribution in [0.5, 0.6) is 5.75 Å². The third kappa shape index (κ3) is 3.72. The molecule has 1 fully saturated rings. The Kier molecular flexibility index (Phi) is 3.40. The largest absolute Gasteiger partial charge is 0.494 e. The summed E-state index contributed by atoms with van der Waals surface area (Å²) in [6, 6.07) is 3.49. The van der Waals surface area contributed by atoms with E-state index in [1.807, 2.05) is 14.0 Å². The number of carbonyl (C=O) groups excluding carboxylic acids is 2. The van der Waals surface area contributed by atoms with E-state index in [4.69, 9.17) is 17.1 Å². The summed E-state index contributed by atoms with van der Waals surface area (Å²) in [5, 5.41) is 4.65. The summed E-state index contributed by atoms with van der Waals surface area (Å²) in [6.07, 6.45) is 1.35. The Balaban J connectivity index is 1.42. The van der Waals surface area contributed by atoms with Gasteiger partial charge in [-0.1, -0.05) is 20.6 Å². The molecule has 5 rings (SSSR count). The number of hydrogen-bond acceptors (Lipinski definition) is 6. The van der Waals surface area contributed by atoms with Crippen LogP contribution in [0.25, 0.3) is 10.9 Å². The molecule has 0 atom stereocenters. The number of aromatic nitrogens is 3. The van der Waals surface area contributed by atoms with Gasteiger partial charge < -0.3 is 9.64 Å². The van der Waals surface area contributed by atoms with Crippen LogP contribution in [0.4, 0.5) is 0 Å². The maximum Gasteiger partial charge on any atom is 0.254 e. The van der Waals surface area contributed by atoms with Crippen LogP contribution in [0.15, 0.2) is 12.1 Å². The summed E-state index contributed by atoms with van der Waals surface area (Å²) in [5.41, 5.74) is -1.83. The highest BCUT2D eigenvalue weighted by Gasteiger charge is 2.44. The highest BCUT2D eigenvalue weighted by molar-refractivity contribution is 7.12. The van der Waals surface area contributed by atoms with Crippen LogP contribution in [-0.4, -0.2) is 51.6 Å². The standard InChI is InChI=1S/C26H32N4O3S/c1-15-17-11-16(12-19(33-6)22(17)29(5)28-15)23(32)30-9-7-26(8-10-30)13-18(31)21-20(14-26)34-24(27-21)25(2,3)4/h11-12H,7-10,13-14H2,1-6H3/i2D3,3D3,4D3. The van der Waals surface area contributed by atoms with Gasteiger partial charge in [-0.25, -0.2) is 4.98 Å². The second-order valence-corrected chi connectivity index (χ2v) is 10.5. The van der Waals surface area contributed by atoms with Gasteiger partial charge in [-0.15, -0.1) is 11.3 Å². The molecular formula is C26H32N4O3S. The number of ether oxygens (including phenoxy) is 1. The summed E-state index contributed by atoms with van der Waals surface area (Å²) in [5.74, 6) is -0.0357. The molecule has 0 bridgehead atoms. The summed E-state index contributed by atoms with van der Waals surface area (Å²) in [4.78, 5) is 33.1. The van der Waals surface area contributed by atoms with E-state index in [1.54, 1.807) is 21.7 Å². The van der Waals surface area contributed by atoms with Gasteiger partial charge in [0.05, 0.1) is 17.8 Å². The van der Waals surface area contributed by atoms with Gasteiger partial charge in [0.2, 0.25) is 0 Å². The van der Waals surface area contributed by atoms with E-state index in [1.165, 1.54) is 7.11 Å². The van der Waals surface area contributed by atoms with Crippen molar-refractivity contribution in [3.05, 3.63) is 39.0 Å². The lowest BCUT2D eigenvalue weighted by Crippen LogP contribution is -2.46. The van der Waals surface area contributed by atoms with E-state index in [9.17, 15) is 9.59 Å². The minimum Gasteiger partial charge on any atom is -0.494 e. The predicted octanol–water partition coefficient (Wildman–Crippen LogP) is 4.70. The molecule has 1 spiro atoms. The van der Waals surface area contributed by atoms with Crippen molar-refractivity contribution in [2.75, 3.05) is 20.2 Å². The minimum absolute atomic E-state index is 0.0570. The number of piperidine rings is 1. The molecule has 0 radical (unpaired) electrons. The molecular weight excluding hydrogens is 448 g/mol. The molecule has 2 aliphatic rings. The summed E-state index contributed by atoms with van der Waals surface area (Å²) >= 11 is 0.692. The van der Waals surface area contributed by atoms with E-state index in [0.717, 1.165) is 16.6 Å². The average Bonchev–Trinajstić information content (AvgIpc) is 3.41. The Bertz CT molecular complexity index is 1580. The molecule has 180 valence electrons. The monoisotopic (exact) mass is 489 g/mol. The topological polar surface area (TPSA) is 77.3 Å². The van der Waals surface area contributed by atoms with Crippen molar-refractivity contribution in [3.8, 4) is 5.75 Å². The van der Waals surface area contributed by atoms with Gasteiger partial charge in [-0.3, -0.25) is 14.3 Å². The fourth-order valence-corrected chi connectivity index (χ4v) is 6.38. The van der Waals surface area contributed by atoms with Gasteiger partial charge in [-0.2, -0.15) is 5.10 Å². The zero-order chi connectivity index (χ0) is 31.9. The van der Waals surface area contributed by atoms with E-state index in [0.29, 0.717) is 59.9 Å². The van der Waals surface area contributed by atoms with Crippen LogP contribution in [0.2, 0.25) is 0 Å².